The summed E-state index contributed by atoms with van der Waals surface area (Å²) in [7, 11) is 2.71. The van der Waals surface area contributed by atoms with Crippen LogP contribution in [0.2, 0.25) is 0 Å². The first kappa shape index (κ1) is 14.1. The molecule has 0 unspecified atom stereocenters. The van der Waals surface area contributed by atoms with Gasteiger partial charge in [-0.1, -0.05) is 6.07 Å². The fraction of sp³-hybridized carbons (Fsp3) is 0.154. The highest BCUT2D eigenvalue weighted by atomic mass is 32.2. The molecule has 2 rings (SSSR count). The molecule has 1 aliphatic heterocycles. The molecule has 1 N–H and O–H groups in total. The number of ether oxygens (including phenoxy) is 2. The Hall–Kier alpha value is -2.28. The highest BCUT2D eigenvalue weighted by molar-refractivity contribution is 8.18. The van der Waals surface area contributed by atoms with Crippen LogP contribution < -0.4 is 10.1 Å². The number of nitrogens with one attached hydrogen (secondary N) is 1. The second-order valence-electron chi connectivity index (χ2n) is 3.80. The van der Waals surface area contributed by atoms with E-state index < -0.39 is 17.1 Å². The van der Waals surface area contributed by atoms with Crippen LogP contribution in [0.25, 0.3) is 6.08 Å². The van der Waals surface area contributed by atoms with Crippen molar-refractivity contribution in [1.29, 1.82) is 0 Å². The van der Waals surface area contributed by atoms with Gasteiger partial charge in [0.2, 0.25) is 0 Å². The Kier molecular flexibility index (Phi) is 4.09. The lowest BCUT2D eigenvalue weighted by Crippen LogP contribution is -2.17. The number of benzene rings is 1. The number of rotatable bonds is 3. The van der Waals surface area contributed by atoms with Crippen LogP contribution >= 0.6 is 11.8 Å². The molecule has 7 heteroatoms. The van der Waals surface area contributed by atoms with Crippen LogP contribution in [0.4, 0.5) is 4.79 Å². The summed E-state index contributed by atoms with van der Waals surface area (Å²) < 4.78 is 9.74. The van der Waals surface area contributed by atoms with E-state index in [0.717, 1.165) is 11.8 Å². The molecule has 0 saturated carbocycles. The van der Waals surface area contributed by atoms with Crippen molar-refractivity contribution in [3.05, 3.63) is 34.2 Å². The summed E-state index contributed by atoms with van der Waals surface area (Å²) in [5.74, 6) is -0.615. The second kappa shape index (κ2) is 5.79. The van der Waals surface area contributed by atoms with Crippen molar-refractivity contribution < 1.29 is 23.9 Å². The molecule has 2 amide bonds. The van der Waals surface area contributed by atoms with E-state index in [1.807, 2.05) is 0 Å². The number of carbonyl (C=O) groups is 3. The summed E-state index contributed by atoms with van der Waals surface area (Å²) in [6, 6.07) is 4.81. The second-order valence-corrected chi connectivity index (χ2v) is 4.82. The monoisotopic (exact) mass is 293 g/mol. The summed E-state index contributed by atoms with van der Waals surface area (Å²) in [4.78, 5) is 34.4. The van der Waals surface area contributed by atoms with Gasteiger partial charge >= 0.3 is 5.97 Å². The Bertz CT molecular complexity index is 623. The van der Waals surface area contributed by atoms with E-state index >= 15 is 0 Å². The van der Waals surface area contributed by atoms with Crippen molar-refractivity contribution in [1.82, 2.24) is 5.32 Å². The van der Waals surface area contributed by atoms with E-state index in [9.17, 15) is 14.4 Å². The number of carbonyl (C=O) groups excluding carboxylic acids is 3. The predicted octanol–water partition coefficient (Wildman–Crippen LogP) is 1.81. The number of hydrogen-bond donors (Lipinski definition) is 1. The van der Waals surface area contributed by atoms with E-state index in [1.165, 1.54) is 26.4 Å². The summed E-state index contributed by atoms with van der Waals surface area (Å²) in [6.07, 6.45) is 1.52. The van der Waals surface area contributed by atoms with Crippen molar-refractivity contribution in [2.24, 2.45) is 0 Å². The van der Waals surface area contributed by atoms with Gasteiger partial charge < -0.3 is 9.47 Å². The predicted molar refractivity (Wildman–Crippen MR) is 73.4 cm³/mol. The van der Waals surface area contributed by atoms with Crippen molar-refractivity contribution in [2.45, 2.75) is 0 Å². The van der Waals surface area contributed by atoms with Crippen LogP contribution in [0.5, 0.6) is 5.75 Å². The first-order valence-electron chi connectivity index (χ1n) is 5.56. The summed E-state index contributed by atoms with van der Waals surface area (Å²) in [5.41, 5.74) is 0.845. The van der Waals surface area contributed by atoms with Gasteiger partial charge in [-0.15, -0.1) is 0 Å². The van der Waals surface area contributed by atoms with E-state index in [4.69, 9.17) is 4.74 Å². The molecule has 104 valence electrons. The molecule has 0 radical (unpaired) electrons. The number of amides is 2. The minimum absolute atomic E-state index is 0.249. The first-order valence-corrected chi connectivity index (χ1v) is 6.38. The summed E-state index contributed by atoms with van der Waals surface area (Å²) in [6.45, 7) is 0. The number of methoxy groups -OCH3 is 2. The van der Waals surface area contributed by atoms with Crippen molar-refractivity contribution in [2.75, 3.05) is 14.2 Å². The number of imide groups is 1. The molecule has 1 aliphatic rings. The zero-order valence-corrected chi connectivity index (χ0v) is 11.6. The van der Waals surface area contributed by atoms with Gasteiger partial charge in [0.1, 0.15) is 11.3 Å². The smallest absolute Gasteiger partial charge is 0.341 e. The Balaban J connectivity index is 2.39. The molecule has 1 aromatic carbocycles. The van der Waals surface area contributed by atoms with Gasteiger partial charge in [0, 0.05) is 0 Å². The van der Waals surface area contributed by atoms with Gasteiger partial charge in [-0.2, -0.15) is 0 Å². The molecule has 0 aliphatic carbocycles. The normalized spacial score (nSPS) is 16.2. The molecule has 0 spiro atoms. The van der Waals surface area contributed by atoms with Crippen LogP contribution in [0.3, 0.4) is 0 Å². The average molecular weight is 293 g/mol. The van der Waals surface area contributed by atoms with Crippen LogP contribution in [0.15, 0.2) is 23.1 Å². The Morgan fingerprint density at radius 1 is 1.30 bits per heavy atom. The third-order valence-electron chi connectivity index (χ3n) is 2.57. The minimum Gasteiger partial charge on any atom is -0.496 e. The molecule has 1 fully saturated rings. The van der Waals surface area contributed by atoms with Gasteiger partial charge in [0.25, 0.3) is 11.1 Å². The van der Waals surface area contributed by atoms with Crippen molar-refractivity contribution in [3.8, 4) is 5.75 Å². The Morgan fingerprint density at radius 2 is 2.05 bits per heavy atom. The molecule has 1 heterocycles. The van der Waals surface area contributed by atoms with E-state index in [0.29, 0.717) is 11.3 Å². The maximum Gasteiger partial charge on any atom is 0.341 e. The maximum atomic E-state index is 11.6. The van der Waals surface area contributed by atoms with E-state index in [2.05, 4.69) is 10.1 Å². The molecule has 0 atom stereocenters. The van der Waals surface area contributed by atoms with Crippen LogP contribution in [-0.2, 0) is 9.53 Å². The SMILES string of the molecule is COC(=O)c1cc(C=C2SC(=O)NC2=O)ccc1OC. The van der Waals surface area contributed by atoms with Crippen LogP contribution in [0.1, 0.15) is 15.9 Å². The third kappa shape index (κ3) is 2.83. The molecule has 20 heavy (non-hydrogen) atoms. The Morgan fingerprint density at radius 3 is 2.60 bits per heavy atom. The van der Waals surface area contributed by atoms with E-state index in [-0.39, 0.29) is 10.5 Å². The van der Waals surface area contributed by atoms with Crippen molar-refractivity contribution >= 4 is 35.0 Å². The third-order valence-corrected chi connectivity index (χ3v) is 3.38. The highest BCUT2D eigenvalue weighted by Gasteiger charge is 2.25. The topological polar surface area (TPSA) is 81.7 Å². The van der Waals surface area contributed by atoms with Crippen molar-refractivity contribution in [3.63, 3.8) is 0 Å². The standard InChI is InChI=1S/C13H11NO5S/c1-18-9-4-3-7(5-8(9)12(16)19-2)6-10-11(15)14-13(17)20-10/h3-6H,1-2H3,(H,14,15,17). The lowest BCUT2D eigenvalue weighted by Gasteiger charge is -2.07. The molecule has 0 aromatic heterocycles. The quantitative estimate of drug-likeness (QED) is 0.676. The zero-order valence-electron chi connectivity index (χ0n) is 10.8. The fourth-order valence-corrected chi connectivity index (χ4v) is 2.34. The van der Waals surface area contributed by atoms with E-state index in [1.54, 1.807) is 12.1 Å². The lowest BCUT2D eigenvalue weighted by molar-refractivity contribution is -0.115. The van der Waals surface area contributed by atoms with Crippen LogP contribution in [-0.4, -0.2) is 31.3 Å². The van der Waals surface area contributed by atoms with Gasteiger partial charge in [0.15, 0.2) is 0 Å². The average Bonchev–Trinajstić information content (AvgIpc) is 2.76. The van der Waals surface area contributed by atoms with Gasteiger partial charge in [-0.3, -0.25) is 14.9 Å². The van der Waals surface area contributed by atoms with Gasteiger partial charge in [-0.25, -0.2) is 4.79 Å². The largest absolute Gasteiger partial charge is 0.496 e. The minimum atomic E-state index is -0.540. The van der Waals surface area contributed by atoms with Gasteiger partial charge in [0.05, 0.1) is 19.1 Å². The first-order chi connectivity index (χ1) is 9.55. The molecular formula is C13H11NO5S. The lowest BCUT2D eigenvalue weighted by atomic mass is 10.1. The van der Waals surface area contributed by atoms with Gasteiger partial charge in [-0.05, 0) is 35.5 Å². The number of esters is 1. The highest BCUT2D eigenvalue weighted by Crippen LogP contribution is 2.27. The zero-order chi connectivity index (χ0) is 14.7. The number of thioether (sulfide) groups is 1. The summed E-state index contributed by atoms with van der Waals surface area (Å²) in [5, 5.41) is 1.74. The molecule has 1 aromatic rings. The Labute approximate surface area is 119 Å². The molecular weight excluding hydrogens is 282 g/mol. The molecule has 6 nitrogen and oxygen atoms in total. The fourth-order valence-electron chi connectivity index (χ4n) is 1.66. The summed E-state index contributed by atoms with van der Waals surface area (Å²) >= 11 is 0.813. The number of hydrogen-bond acceptors (Lipinski definition) is 6. The molecule has 1 saturated heterocycles. The maximum absolute atomic E-state index is 11.6. The molecule has 0 bridgehead atoms. The van der Waals surface area contributed by atoms with Crippen LogP contribution in [0, 0.1) is 0 Å².